The molecule has 9 heteroatoms. The van der Waals surface area contributed by atoms with Gasteiger partial charge < -0.3 is 14.6 Å². The molecule has 1 fully saturated rings. The van der Waals surface area contributed by atoms with E-state index in [-0.39, 0.29) is 22.7 Å². The fraction of sp³-hybridized carbons (Fsp3) is 0.214. The molecule has 0 bridgehead atoms. The number of alkyl halides is 3. The van der Waals surface area contributed by atoms with Crippen molar-refractivity contribution in [3.63, 3.8) is 0 Å². The zero-order valence-electron chi connectivity index (χ0n) is 20.0. The highest BCUT2D eigenvalue weighted by Crippen LogP contribution is 2.43. The van der Waals surface area contributed by atoms with Crippen LogP contribution in [0, 0.1) is 5.92 Å². The minimum atomic E-state index is -4.94. The summed E-state index contributed by atoms with van der Waals surface area (Å²) >= 11 is 0. The molecule has 37 heavy (non-hydrogen) atoms. The number of benzene rings is 3. The number of hydrogen-bond acceptors (Lipinski definition) is 5. The van der Waals surface area contributed by atoms with Crippen LogP contribution in [0.15, 0.2) is 84.4 Å². The Balaban J connectivity index is 1.83. The molecule has 0 saturated carbocycles. The summed E-state index contributed by atoms with van der Waals surface area (Å²) in [5, 5.41) is 11.3. The number of aliphatic hydroxyl groups excluding tert-OH is 1. The van der Waals surface area contributed by atoms with E-state index in [1.165, 1.54) is 12.1 Å². The molecule has 1 heterocycles. The number of nitrogens with zero attached hydrogens (tertiary/aromatic N) is 1. The van der Waals surface area contributed by atoms with Crippen LogP contribution >= 0.6 is 0 Å². The Labute approximate surface area is 211 Å². The molecule has 1 aliphatic heterocycles. The average molecular weight is 511 g/mol. The highest BCUT2D eigenvalue weighted by molar-refractivity contribution is 6.51. The quantitative estimate of drug-likeness (QED) is 0.231. The summed E-state index contributed by atoms with van der Waals surface area (Å²) < 4.78 is 48.2. The fourth-order valence-electron chi connectivity index (χ4n) is 4.03. The SMILES string of the molecule is CC(C)COc1cccc(/C(O)=C2\C(=O)C(=O)N(c3cccc(OC(F)(F)F)c3)C2c2ccccc2)c1. The summed E-state index contributed by atoms with van der Waals surface area (Å²) in [5.74, 6) is -2.20. The lowest BCUT2D eigenvalue weighted by Gasteiger charge is -2.26. The summed E-state index contributed by atoms with van der Waals surface area (Å²) in [6, 6.07) is 18.6. The number of anilines is 1. The highest BCUT2D eigenvalue weighted by atomic mass is 19.4. The lowest BCUT2D eigenvalue weighted by atomic mass is 9.95. The third-order valence-electron chi connectivity index (χ3n) is 5.58. The van der Waals surface area contributed by atoms with Gasteiger partial charge in [0.25, 0.3) is 11.7 Å². The minimum Gasteiger partial charge on any atom is -0.507 e. The Morgan fingerprint density at radius 3 is 2.30 bits per heavy atom. The zero-order chi connectivity index (χ0) is 26.7. The number of Topliss-reactive ketones (excluding diaryl/α,β-unsaturated/α-hetero) is 1. The second kappa shape index (κ2) is 10.4. The van der Waals surface area contributed by atoms with Gasteiger partial charge in [-0.2, -0.15) is 0 Å². The number of ketones is 1. The maximum absolute atomic E-state index is 13.2. The minimum absolute atomic E-state index is 0.00534. The first-order valence-electron chi connectivity index (χ1n) is 11.5. The van der Waals surface area contributed by atoms with Gasteiger partial charge in [0.15, 0.2) is 0 Å². The van der Waals surface area contributed by atoms with Crippen molar-refractivity contribution in [2.75, 3.05) is 11.5 Å². The second-order valence-corrected chi connectivity index (χ2v) is 8.86. The van der Waals surface area contributed by atoms with Gasteiger partial charge in [0.2, 0.25) is 0 Å². The van der Waals surface area contributed by atoms with Crippen LogP contribution in [-0.2, 0) is 9.59 Å². The van der Waals surface area contributed by atoms with Gasteiger partial charge in [-0.05, 0) is 35.7 Å². The Morgan fingerprint density at radius 2 is 1.62 bits per heavy atom. The van der Waals surface area contributed by atoms with E-state index in [0.29, 0.717) is 17.9 Å². The van der Waals surface area contributed by atoms with Gasteiger partial charge in [-0.25, -0.2) is 0 Å². The van der Waals surface area contributed by atoms with Crippen LogP contribution in [0.1, 0.15) is 31.0 Å². The fourth-order valence-corrected chi connectivity index (χ4v) is 4.03. The van der Waals surface area contributed by atoms with Crippen LogP contribution in [0.25, 0.3) is 5.76 Å². The molecule has 1 amide bonds. The van der Waals surface area contributed by atoms with E-state index < -0.39 is 35.6 Å². The lowest BCUT2D eigenvalue weighted by Crippen LogP contribution is -2.29. The van der Waals surface area contributed by atoms with E-state index in [4.69, 9.17) is 4.74 Å². The summed E-state index contributed by atoms with van der Waals surface area (Å²) in [4.78, 5) is 27.5. The molecule has 0 aromatic heterocycles. The molecule has 192 valence electrons. The standard InChI is InChI=1S/C28H24F3NO5/c1-17(2)16-36-21-12-6-10-19(14-21)25(33)23-24(18-8-4-3-5-9-18)32(27(35)26(23)34)20-11-7-13-22(15-20)37-28(29,30)31/h3-15,17,24,33H,16H2,1-2H3/b25-23+. The topological polar surface area (TPSA) is 76.1 Å². The van der Waals surface area contributed by atoms with Crippen molar-refractivity contribution in [1.29, 1.82) is 0 Å². The predicted molar refractivity (Wildman–Crippen MR) is 131 cm³/mol. The molecule has 1 N–H and O–H groups in total. The normalized spacial score (nSPS) is 17.4. The molecule has 3 aromatic rings. The first kappa shape index (κ1) is 25.8. The zero-order valence-corrected chi connectivity index (χ0v) is 20.0. The molecular formula is C28H24F3NO5. The molecule has 1 saturated heterocycles. The van der Waals surface area contributed by atoms with Gasteiger partial charge in [0.05, 0.1) is 18.2 Å². The first-order chi connectivity index (χ1) is 17.5. The van der Waals surface area contributed by atoms with Crippen molar-refractivity contribution >= 4 is 23.1 Å². The molecule has 0 aliphatic carbocycles. The maximum atomic E-state index is 13.2. The number of amides is 1. The van der Waals surface area contributed by atoms with Crippen molar-refractivity contribution in [2.24, 2.45) is 5.92 Å². The van der Waals surface area contributed by atoms with Gasteiger partial charge in [-0.1, -0.05) is 62.4 Å². The Hall–Kier alpha value is -4.27. The molecule has 0 radical (unpaired) electrons. The van der Waals surface area contributed by atoms with Crippen molar-refractivity contribution in [3.05, 3.63) is 95.6 Å². The summed E-state index contributed by atoms with van der Waals surface area (Å²) in [6.45, 7) is 4.41. The largest absolute Gasteiger partial charge is 0.573 e. The van der Waals surface area contributed by atoms with E-state index in [1.54, 1.807) is 54.6 Å². The number of carbonyl (C=O) groups excluding carboxylic acids is 2. The molecular weight excluding hydrogens is 487 g/mol. The van der Waals surface area contributed by atoms with Crippen LogP contribution in [0.5, 0.6) is 11.5 Å². The lowest BCUT2D eigenvalue weighted by molar-refractivity contribution is -0.274. The third-order valence-corrected chi connectivity index (χ3v) is 5.58. The van der Waals surface area contributed by atoms with Crippen molar-refractivity contribution in [1.82, 2.24) is 0 Å². The van der Waals surface area contributed by atoms with E-state index in [0.717, 1.165) is 17.0 Å². The van der Waals surface area contributed by atoms with Crippen LogP contribution in [0.4, 0.5) is 18.9 Å². The Morgan fingerprint density at radius 1 is 0.946 bits per heavy atom. The summed E-state index contributed by atoms with van der Waals surface area (Å²) in [5.41, 5.74) is 0.553. The maximum Gasteiger partial charge on any atom is 0.573 e. The Kier molecular flexibility index (Phi) is 7.24. The van der Waals surface area contributed by atoms with Gasteiger partial charge in [-0.3, -0.25) is 14.5 Å². The number of ether oxygens (including phenoxy) is 2. The Bertz CT molecular complexity index is 1330. The van der Waals surface area contributed by atoms with Gasteiger partial charge in [-0.15, -0.1) is 13.2 Å². The molecule has 3 aromatic carbocycles. The van der Waals surface area contributed by atoms with Crippen molar-refractivity contribution in [2.45, 2.75) is 26.3 Å². The number of carbonyl (C=O) groups is 2. The average Bonchev–Trinajstić information content (AvgIpc) is 3.12. The molecule has 4 rings (SSSR count). The molecule has 6 nitrogen and oxygen atoms in total. The molecule has 0 spiro atoms. The number of aliphatic hydroxyl groups is 1. The molecule has 1 atom stereocenters. The van der Waals surface area contributed by atoms with Crippen LogP contribution in [0.3, 0.4) is 0 Å². The monoisotopic (exact) mass is 511 g/mol. The second-order valence-electron chi connectivity index (χ2n) is 8.86. The predicted octanol–water partition coefficient (Wildman–Crippen LogP) is 6.25. The van der Waals surface area contributed by atoms with Crippen LogP contribution < -0.4 is 14.4 Å². The molecule has 1 unspecified atom stereocenters. The third kappa shape index (κ3) is 5.77. The highest BCUT2D eigenvalue weighted by Gasteiger charge is 2.47. The van der Waals surface area contributed by atoms with Gasteiger partial charge in [0.1, 0.15) is 17.3 Å². The van der Waals surface area contributed by atoms with Crippen molar-refractivity contribution < 1.29 is 37.3 Å². The van der Waals surface area contributed by atoms with Crippen LogP contribution in [-0.4, -0.2) is 29.8 Å². The van der Waals surface area contributed by atoms with Crippen molar-refractivity contribution in [3.8, 4) is 11.5 Å². The number of hydrogen-bond donors (Lipinski definition) is 1. The van der Waals surface area contributed by atoms with E-state index in [1.807, 2.05) is 13.8 Å². The summed E-state index contributed by atoms with van der Waals surface area (Å²) in [6.07, 6.45) is -4.94. The number of halogens is 3. The number of rotatable bonds is 7. The molecule has 1 aliphatic rings. The van der Waals surface area contributed by atoms with E-state index in [2.05, 4.69) is 4.74 Å². The van der Waals surface area contributed by atoms with E-state index >= 15 is 0 Å². The smallest absolute Gasteiger partial charge is 0.507 e. The van der Waals surface area contributed by atoms with Crippen LogP contribution in [0.2, 0.25) is 0 Å². The first-order valence-corrected chi connectivity index (χ1v) is 11.5. The summed E-state index contributed by atoms with van der Waals surface area (Å²) in [7, 11) is 0. The van der Waals surface area contributed by atoms with Gasteiger partial charge >= 0.3 is 6.36 Å². The van der Waals surface area contributed by atoms with E-state index in [9.17, 15) is 27.9 Å². The van der Waals surface area contributed by atoms with Gasteiger partial charge in [0, 0.05) is 17.3 Å².